The molecule has 0 aliphatic carbocycles. The summed E-state index contributed by atoms with van der Waals surface area (Å²) < 4.78 is 0. The molecule has 44 heavy (non-hydrogen) atoms. The van der Waals surface area contributed by atoms with E-state index < -0.39 is 0 Å². The van der Waals surface area contributed by atoms with Crippen LogP contribution in [0.25, 0.3) is 11.1 Å². The Bertz CT molecular complexity index is 1700. The first-order chi connectivity index (χ1) is 21.6. The highest BCUT2D eigenvalue weighted by Gasteiger charge is 2.15. The highest BCUT2D eigenvalue weighted by molar-refractivity contribution is 5.81. The Morgan fingerprint density at radius 2 is 0.705 bits per heavy atom. The molecule has 0 unspecified atom stereocenters. The van der Waals surface area contributed by atoms with Crippen molar-refractivity contribution in [1.29, 1.82) is 0 Å². The van der Waals surface area contributed by atoms with Gasteiger partial charge in [-0.3, -0.25) is 0 Å². The van der Waals surface area contributed by atoms with Gasteiger partial charge in [0.15, 0.2) is 0 Å². The van der Waals surface area contributed by atoms with Gasteiger partial charge in [0.05, 0.1) is 13.2 Å². The highest BCUT2D eigenvalue weighted by Crippen LogP contribution is 2.38. The monoisotopic (exact) mass is 576 g/mol. The molecule has 0 aliphatic heterocycles. The molecule has 0 heterocycles. The fraction of sp³-hybridized carbons (Fsp3) is 0.100. The summed E-state index contributed by atoms with van der Waals surface area (Å²) in [4.78, 5) is 4.48. The summed E-state index contributed by atoms with van der Waals surface area (Å²) >= 11 is 0. The summed E-state index contributed by atoms with van der Waals surface area (Å²) in [5.41, 5.74) is 12.6. The zero-order valence-electron chi connectivity index (χ0n) is 25.1. The zero-order valence-corrected chi connectivity index (χ0v) is 25.1. The van der Waals surface area contributed by atoms with Crippen molar-refractivity contribution in [2.45, 2.75) is 27.1 Å². The number of hydrogen-bond donors (Lipinski definition) is 2. The van der Waals surface area contributed by atoms with Gasteiger partial charge >= 0.3 is 0 Å². The van der Waals surface area contributed by atoms with Gasteiger partial charge in [-0.25, -0.2) is 0 Å². The second-order valence-corrected chi connectivity index (χ2v) is 11.0. The summed E-state index contributed by atoms with van der Waals surface area (Å²) in [5.74, 6) is 0. The lowest BCUT2D eigenvalue weighted by atomic mass is 10.0. The number of aliphatic hydroxyl groups excluding tert-OH is 2. The largest absolute Gasteiger partial charge is 0.392 e. The Balaban J connectivity index is 1.32. The van der Waals surface area contributed by atoms with Gasteiger partial charge in [0.1, 0.15) is 0 Å². The van der Waals surface area contributed by atoms with Crippen molar-refractivity contribution in [3.05, 3.63) is 168 Å². The number of nitrogens with zero attached hydrogens (tertiary/aromatic N) is 2. The molecule has 6 rings (SSSR count). The average molecular weight is 577 g/mol. The van der Waals surface area contributed by atoms with Crippen LogP contribution in [-0.4, -0.2) is 10.2 Å². The minimum atomic E-state index is 0.0314. The molecule has 0 fully saturated rings. The fourth-order valence-electron chi connectivity index (χ4n) is 5.65. The van der Waals surface area contributed by atoms with E-state index in [-0.39, 0.29) is 13.2 Å². The number of anilines is 6. The van der Waals surface area contributed by atoms with Crippen LogP contribution in [0.5, 0.6) is 0 Å². The van der Waals surface area contributed by atoms with E-state index >= 15 is 0 Å². The minimum absolute atomic E-state index is 0.0314. The van der Waals surface area contributed by atoms with E-state index in [0.717, 1.165) is 67.5 Å². The van der Waals surface area contributed by atoms with Crippen molar-refractivity contribution >= 4 is 34.1 Å². The van der Waals surface area contributed by atoms with Crippen LogP contribution in [0.1, 0.15) is 22.3 Å². The molecule has 0 saturated heterocycles. The second-order valence-electron chi connectivity index (χ2n) is 11.0. The lowest BCUT2D eigenvalue weighted by molar-refractivity contribution is 0.281. The van der Waals surface area contributed by atoms with Gasteiger partial charge in [-0.1, -0.05) is 72.8 Å². The molecule has 0 saturated carbocycles. The van der Waals surface area contributed by atoms with Crippen molar-refractivity contribution < 1.29 is 10.2 Å². The average Bonchev–Trinajstić information content (AvgIpc) is 3.07. The Morgan fingerprint density at radius 3 is 1.02 bits per heavy atom. The van der Waals surface area contributed by atoms with Gasteiger partial charge in [-0.05, 0) is 120 Å². The first-order valence-corrected chi connectivity index (χ1v) is 14.9. The van der Waals surface area contributed by atoms with Gasteiger partial charge in [-0.2, -0.15) is 0 Å². The quantitative estimate of drug-likeness (QED) is 0.180. The lowest BCUT2D eigenvalue weighted by Crippen LogP contribution is -2.10. The van der Waals surface area contributed by atoms with Crippen molar-refractivity contribution in [2.24, 2.45) is 0 Å². The van der Waals surface area contributed by atoms with Gasteiger partial charge < -0.3 is 20.0 Å². The van der Waals surface area contributed by atoms with Gasteiger partial charge in [0.25, 0.3) is 0 Å². The maximum Gasteiger partial charge on any atom is 0.0684 e. The van der Waals surface area contributed by atoms with Gasteiger partial charge in [0, 0.05) is 34.1 Å². The van der Waals surface area contributed by atoms with Crippen molar-refractivity contribution in [3.63, 3.8) is 0 Å². The minimum Gasteiger partial charge on any atom is -0.392 e. The summed E-state index contributed by atoms with van der Waals surface area (Å²) in [7, 11) is 0. The summed E-state index contributed by atoms with van der Waals surface area (Å²) in [5, 5.41) is 19.4. The van der Waals surface area contributed by atoms with E-state index in [1.54, 1.807) is 0 Å². The van der Waals surface area contributed by atoms with Crippen LogP contribution in [0.15, 0.2) is 146 Å². The van der Waals surface area contributed by atoms with E-state index in [2.05, 4.69) is 107 Å². The summed E-state index contributed by atoms with van der Waals surface area (Å²) in [6.45, 7) is 4.14. The SMILES string of the molecule is Cc1cc(N(c2ccccc2)c2ccc(-c3ccc(N(c4ccccc4)c4ccc(CO)c(C)c4)cc3)cc2)ccc1CO. The highest BCUT2D eigenvalue weighted by atomic mass is 16.3. The second kappa shape index (κ2) is 13.0. The van der Waals surface area contributed by atoms with Crippen molar-refractivity contribution in [1.82, 2.24) is 0 Å². The number of aliphatic hydroxyl groups is 2. The Hall–Kier alpha value is -5.16. The number of para-hydroxylation sites is 2. The van der Waals surface area contributed by atoms with Crippen molar-refractivity contribution in [2.75, 3.05) is 9.80 Å². The molecule has 0 spiro atoms. The first kappa shape index (κ1) is 28.9. The van der Waals surface area contributed by atoms with E-state index in [1.807, 2.05) is 62.4 Å². The molecule has 4 heteroatoms. The number of rotatable bonds is 9. The number of hydrogen-bond acceptors (Lipinski definition) is 4. The molecule has 0 aliphatic rings. The zero-order chi connectivity index (χ0) is 30.5. The molecule has 2 N–H and O–H groups in total. The third kappa shape index (κ3) is 6.00. The van der Waals surface area contributed by atoms with Crippen molar-refractivity contribution in [3.8, 4) is 11.1 Å². The molecule has 0 radical (unpaired) electrons. The van der Waals surface area contributed by atoms with Crippen LogP contribution in [0.3, 0.4) is 0 Å². The normalized spacial score (nSPS) is 10.9. The summed E-state index contributed by atoms with van der Waals surface area (Å²) in [6, 6.07) is 50.4. The molecular weight excluding hydrogens is 540 g/mol. The van der Waals surface area contributed by atoms with E-state index in [1.165, 1.54) is 0 Å². The lowest BCUT2D eigenvalue weighted by Gasteiger charge is -2.27. The topological polar surface area (TPSA) is 46.9 Å². The van der Waals surface area contributed by atoms with Gasteiger partial charge in [-0.15, -0.1) is 0 Å². The maximum absolute atomic E-state index is 9.69. The first-order valence-electron chi connectivity index (χ1n) is 14.9. The molecule has 4 nitrogen and oxygen atoms in total. The van der Waals surface area contributed by atoms with Crippen LogP contribution in [0.4, 0.5) is 34.1 Å². The van der Waals surface area contributed by atoms with Crippen LogP contribution in [0, 0.1) is 13.8 Å². The molecule has 6 aromatic rings. The third-order valence-electron chi connectivity index (χ3n) is 8.12. The molecule has 218 valence electrons. The Kier molecular flexibility index (Phi) is 8.55. The van der Waals surface area contributed by atoms with Crippen LogP contribution < -0.4 is 9.80 Å². The Morgan fingerprint density at radius 1 is 0.386 bits per heavy atom. The smallest absolute Gasteiger partial charge is 0.0684 e. The summed E-state index contributed by atoms with van der Waals surface area (Å²) in [6.07, 6.45) is 0. The van der Waals surface area contributed by atoms with E-state index in [4.69, 9.17) is 0 Å². The van der Waals surface area contributed by atoms with Crippen LogP contribution >= 0.6 is 0 Å². The standard InChI is InChI=1S/C40H36N2O2/c1-29-25-39(23-17-33(29)27-43)41(35-9-5-3-6-10-35)37-19-13-31(14-20-37)32-15-21-38(22-16-32)42(36-11-7-4-8-12-36)40-24-18-34(28-44)30(2)26-40/h3-26,43-44H,27-28H2,1-2H3. The molecule has 6 aromatic carbocycles. The molecular formula is C40H36N2O2. The number of aryl methyl sites for hydroxylation is 2. The third-order valence-corrected chi connectivity index (χ3v) is 8.12. The molecule has 0 bridgehead atoms. The van der Waals surface area contributed by atoms with E-state index in [0.29, 0.717) is 0 Å². The fourth-order valence-corrected chi connectivity index (χ4v) is 5.65. The molecule has 0 aromatic heterocycles. The van der Waals surface area contributed by atoms with E-state index in [9.17, 15) is 10.2 Å². The van der Waals surface area contributed by atoms with Crippen LogP contribution in [0.2, 0.25) is 0 Å². The molecule has 0 amide bonds. The predicted molar refractivity (Wildman–Crippen MR) is 183 cm³/mol. The van der Waals surface area contributed by atoms with Gasteiger partial charge in [0.2, 0.25) is 0 Å². The maximum atomic E-state index is 9.69. The predicted octanol–water partition coefficient (Wildman–Crippen LogP) is 9.89. The number of benzene rings is 6. The van der Waals surface area contributed by atoms with Crippen LogP contribution in [-0.2, 0) is 13.2 Å². The molecule has 0 atom stereocenters. The Labute approximate surface area is 259 Å².